The fourth-order valence-corrected chi connectivity index (χ4v) is 4.10. The summed E-state index contributed by atoms with van der Waals surface area (Å²) in [6.07, 6.45) is 28.7. The van der Waals surface area contributed by atoms with Gasteiger partial charge in [-0.3, -0.25) is 0 Å². The van der Waals surface area contributed by atoms with Gasteiger partial charge in [-0.05, 0) is 97.9 Å². The van der Waals surface area contributed by atoms with E-state index < -0.39 is 0 Å². The van der Waals surface area contributed by atoms with Crippen LogP contribution in [0.3, 0.4) is 0 Å². The highest BCUT2D eigenvalue weighted by molar-refractivity contribution is 5.66. The first-order chi connectivity index (χ1) is 18.3. The van der Waals surface area contributed by atoms with E-state index in [1.807, 2.05) is 25.2 Å². The molecular formula is C37H49N. The molecule has 2 unspecified atom stereocenters. The van der Waals surface area contributed by atoms with Crippen LogP contribution in [-0.2, 0) is 6.42 Å². The van der Waals surface area contributed by atoms with Crippen LogP contribution >= 0.6 is 0 Å². The van der Waals surface area contributed by atoms with Gasteiger partial charge < -0.3 is 5.73 Å². The molecule has 2 atom stereocenters. The lowest BCUT2D eigenvalue weighted by Crippen LogP contribution is -2.01. The largest absolute Gasteiger partial charge is 0.404 e. The Bertz CT molecular complexity index is 1110. The highest BCUT2D eigenvalue weighted by Crippen LogP contribution is 2.21. The molecule has 0 aliphatic rings. The van der Waals surface area contributed by atoms with E-state index in [0.29, 0.717) is 11.8 Å². The average Bonchev–Trinajstić information content (AvgIpc) is 2.91. The smallest absolute Gasteiger partial charge is 0.00270 e. The van der Waals surface area contributed by atoms with E-state index in [9.17, 15) is 0 Å². The summed E-state index contributed by atoms with van der Waals surface area (Å²) in [5, 5.41) is 0. The van der Waals surface area contributed by atoms with Crippen LogP contribution in [-0.4, -0.2) is 0 Å². The molecule has 0 spiro atoms. The molecule has 0 saturated heterocycles. The number of hydrogen-bond acceptors (Lipinski definition) is 1. The maximum absolute atomic E-state index is 5.95. The number of hydrogen-bond donors (Lipinski definition) is 1. The van der Waals surface area contributed by atoms with Gasteiger partial charge in [0.05, 0.1) is 0 Å². The Morgan fingerprint density at radius 2 is 1.58 bits per heavy atom. The highest BCUT2D eigenvalue weighted by atomic mass is 14.5. The summed E-state index contributed by atoms with van der Waals surface area (Å²) in [5.74, 6) is 0.807. The number of allylic oxidation sites excluding steroid dienone is 16. The van der Waals surface area contributed by atoms with E-state index in [1.165, 1.54) is 27.8 Å². The first-order valence-corrected chi connectivity index (χ1v) is 13.7. The Labute approximate surface area is 233 Å². The zero-order chi connectivity index (χ0) is 28.3. The van der Waals surface area contributed by atoms with Crippen molar-refractivity contribution in [1.82, 2.24) is 0 Å². The number of rotatable bonds is 16. The molecule has 0 aliphatic carbocycles. The van der Waals surface area contributed by atoms with E-state index in [-0.39, 0.29) is 0 Å². The predicted molar refractivity (Wildman–Crippen MR) is 173 cm³/mol. The van der Waals surface area contributed by atoms with Crippen LogP contribution < -0.4 is 5.73 Å². The van der Waals surface area contributed by atoms with Crippen LogP contribution in [0.2, 0.25) is 0 Å². The molecule has 1 aromatic carbocycles. The summed E-state index contributed by atoms with van der Waals surface area (Å²) in [6, 6.07) is 8.88. The van der Waals surface area contributed by atoms with Crippen LogP contribution in [0.25, 0.3) is 5.57 Å². The summed E-state index contributed by atoms with van der Waals surface area (Å²) in [5.41, 5.74) is 14.4. The van der Waals surface area contributed by atoms with Crippen molar-refractivity contribution in [3.8, 4) is 0 Å². The Balaban J connectivity index is 2.85. The topological polar surface area (TPSA) is 26.0 Å². The van der Waals surface area contributed by atoms with E-state index in [0.717, 1.165) is 36.8 Å². The van der Waals surface area contributed by atoms with Crippen LogP contribution in [0.5, 0.6) is 0 Å². The highest BCUT2D eigenvalue weighted by Gasteiger charge is 2.06. The van der Waals surface area contributed by atoms with Crippen LogP contribution in [0.15, 0.2) is 139 Å². The van der Waals surface area contributed by atoms with Crippen molar-refractivity contribution in [1.29, 1.82) is 0 Å². The van der Waals surface area contributed by atoms with Gasteiger partial charge in [0, 0.05) is 0 Å². The first-order valence-electron chi connectivity index (χ1n) is 13.7. The van der Waals surface area contributed by atoms with E-state index >= 15 is 0 Å². The molecule has 2 N–H and O–H groups in total. The summed E-state index contributed by atoms with van der Waals surface area (Å²) < 4.78 is 0. The van der Waals surface area contributed by atoms with Gasteiger partial charge in [-0.25, -0.2) is 0 Å². The zero-order valence-corrected chi connectivity index (χ0v) is 24.4. The maximum Gasteiger partial charge on any atom is -0.00270 e. The number of unbranched alkanes of at least 4 members (excludes halogenated alkanes) is 1. The predicted octanol–water partition coefficient (Wildman–Crippen LogP) is 10.4. The normalized spacial score (nSPS) is 15.7. The average molecular weight is 508 g/mol. The van der Waals surface area contributed by atoms with Crippen molar-refractivity contribution in [3.63, 3.8) is 0 Å². The first kappa shape index (κ1) is 32.4. The third-order valence-corrected chi connectivity index (χ3v) is 6.59. The Kier molecular flexibility index (Phi) is 15.9. The van der Waals surface area contributed by atoms with Gasteiger partial charge in [0.1, 0.15) is 0 Å². The Morgan fingerprint density at radius 1 is 0.895 bits per heavy atom. The van der Waals surface area contributed by atoms with Crippen LogP contribution in [0.4, 0.5) is 0 Å². The van der Waals surface area contributed by atoms with Gasteiger partial charge in [-0.2, -0.15) is 0 Å². The second-order valence-corrected chi connectivity index (χ2v) is 9.89. The fourth-order valence-electron chi connectivity index (χ4n) is 4.10. The molecule has 0 aliphatic heterocycles. The summed E-state index contributed by atoms with van der Waals surface area (Å²) >= 11 is 0. The standard InChI is InChI=1S/C37H49N/c1-9-13-14-16-34(11-3)35(12-4)24-20-31(7)36-25-21-33(22-26-36)27-30(6)18-23-37(28-38)32(8)19-17-29(5)15-10-2/h9-12,15-18,20-26,28,30,32H,1,3-4,13-14,19,27,38H2,2,5-8H3/b15-10-,23-18-,29-17-,31-20+,34-16+,35-24+,37-28+. The second kappa shape index (κ2) is 18.6. The van der Waals surface area contributed by atoms with Crippen LogP contribution in [0.1, 0.15) is 65.0 Å². The monoisotopic (exact) mass is 507 g/mol. The van der Waals surface area contributed by atoms with Crippen molar-refractivity contribution in [2.75, 3.05) is 0 Å². The minimum absolute atomic E-state index is 0.388. The number of benzene rings is 1. The Morgan fingerprint density at radius 3 is 2.16 bits per heavy atom. The van der Waals surface area contributed by atoms with Gasteiger partial charge in [-0.15, -0.1) is 6.58 Å². The summed E-state index contributed by atoms with van der Waals surface area (Å²) in [4.78, 5) is 0. The van der Waals surface area contributed by atoms with Crippen molar-refractivity contribution in [2.24, 2.45) is 17.6 Å². The summed E-state index contributed by atoms with van der Waals surface area (Å²) in [7, 11) is 0. The molecule has 0 amide bonds. The molecule has 1 aromatic rings. The Hall–Kier alpha value is -3.58. The van der Waals surface area contributed by atoms with E-state index in [2.05, 4.69) is 120 Å². The second-order valence-electron chi connectivity index (χ2n) is 9.89. The molecule has 0 radical (unpaired) electrons. The lowest BCUT2D eigenvalue weighted by Gasteiger charge is -2.12. The molecule has 1 rings (SSSR count). The van der Waals surface area contributed by atoms with Crippen LogP contribution in [0, 0.1) is 11.8 Å². The van der Waals surface area contributed by atoms with Gasteiger partial charge in [-0.1, -0.05) is 124 Å². The van der Waals surface area contributed by atoms with E-state index in [4.69, 9.17) is 5.73 Å². The SMILES string of the molecule is C=CCC/C=C(C=C)/C(C=C)=C/C=C(\C)c1ccc(CC(C)/C=C\C(=C/N)C(C)C/C=C(C)\C=C/C)cc1. The minimum atomic E-state index is 0.388. The van der Waals surface area contributed by atoms with Gasteiger partial charge in [0.25, 0.3) is 0 Å². The molecule has 0 aromatic heterocycles. The molecule has 0 heterocycles. The molecule has 0 bridgehead atoms. The zero-order valence-electron chi connectivity index (χ0n) is 24.4. The fraction of sp³-hybridized carbons (Fsp3) is 0.297. The lowest BCUT2D eigenvalue weighted by atomic mass is 9.93. The molecule has 38 heavy (non-hydrogen) atoms. The van der Waals surface area contributed by atoms with Gasteiger partial charge in [0.2, 0.25) is 0 Å². The molecule has 0 saturated carbocycles. The minimum Gasteiger partial charge on any atom is -0.404 e. The van der Waals surface area contributed by atoms with Crippen molar-refractivity contribution in [2.45, 2.75) is 60.3 Å². The summed E-state index contributed by atoms with van der Waals surface area (Å²) in [6.45, 7) is 22.5. The third-order valence-electron chi connectivity index (χ3n) is 6.59. The van der Waals surface area contributed by atoms with Crippen molar-refractivity contribution >= 4 is 5.57 Å². The van der Waals surface area contributed by atoms with Crippen molar-refractivity contribution in [3.05, 3.63) is 150 Å². The maximum atomic E-state index is 5.95. The van der Waals surface area contributed by atoms with E-state index in [1.54, 1.807) is 6.20 Å². The molecular weight excluding hydrogens is 458 g/mol. The molecule has 202 valence electrons. The number of nitrogens with two attached hydrogens (primary N) is 1. The lowest BCUT2D eigenvalue weighted by molar-refractivity contribution is 0.695. The quantitative estimate of drug-likeness (QED) is 0.134. The van der Waals surface area contributed by atoms with Gasteiger partial charge >= 0.3 is 0 Å². The van der Waals surface area contributed by atoms with Crippen molar-refractivity contribution < 1.29 is 0 Å². The molecule has 1 heteroatoms. The molecule has 0 fully saturated rings. The molecule has 1 nitrogen and oxygen atoms in total. The van der Waals surface area contributed by atoms with Gasteiger partial charge in [0.15, 0.2) is 0 Å². The third kappa shape index (κ3) is 12.1.